The van der Waals surface area contributed by atoms with Gasteiger partial charge in [-0.05, 0) is 52.4 Å². The van der Waals surface area contributed by atoms with E-state index < -0.39 is 0 Å². The van der Waals surface area contributed by atoms with Crippen LogP contribution >= 0.6 is 15.9 Å². The lowest BCUT2D eigenvalue weighted by Gasteiger charge is -2.34. The van der Waals surface area contributed by atoms with Gasteiger partial charge in [-0.15, -0.1) is 0 Å². The van der Waals surface area contributed by atoms with E-state index in [-0.39, 0.29) is 5.41 Å². The molecule has 0 aliphatic heterocycles. The normalized spacial score (nSPS) is 13.9. The fourth-order valence-corrected chi connectivity index (χ4v) is 4.94. The summed E-state index contributed by atoms with van der Waals surface area (Å²) < 4.78 is 1.11. The van der Waals surface area contributed by atoms with Crippen LogP contribution in [0.25, 0.3) is 11.1 Å². The Hall–Kier alpha value is -2.64. The van der Waals surface area contributed by atoms with Gasteiger partial charge in [-0.25, -0.2) is 0 Å². The number of hydrogen-bond donors (Lipinski definition) is 0. The number of halogens is 1. The van der Waals surface area contributed by atoms with Gasteiger partial charge >= 0.3 is 0 Å². The monoisotopic (exact) mass is 410 g/mol. The van der Waals surface area contributed by atoms with Crippen molar-refractivity contribution in [3.63, 3.8) is 0 Å². The molecule has 4 aromatic carbocycles. The van der Waals surface area contributed by atoms with Crippen LogP contribution in [0.15, 0.2) is 102 Å². The van der Waals surface area contributed by atoms with E-state index in [1.807, 2.05) is 0 Å². The predicted octanol–water partition coefficient (Wildman–Crippen LogP) is 7.12. The second-order valence-electron chi connectivity index (χ2n) is 7.22. The summed E-state index contributed by atoms with van der Waals surface area (Å²) in [4.78, 5) is 0. The third-order valence-corrected chi connectivity index (χ3v) is 6.16. The number of benzene rings is 4. The summed E-state index contributed by atoms with van der Waals surface area (Å²) in [6.45, 7) is 2.18. The van der Waals surface area contributed by atoms with Gasteiger partial charge in [-0.1, -0.05) is 106 Å². The Bertz CT molecular complexity index is 1030. The van der Waals surface area contributed by atoms with Crippen molar-refractivity contribution in [2.75, 3.05) is 0 Å². The summed E-state index contributed by atoms with van der Waals surface area (Å²) in [6.07, 6.45) is 0. The van der Waals surface area contributed by atoms with Crippen molar-refractivity contribution >= 4 is 15.9 Å². The summed E-state index contributed by atoms with van der Waals surface area (Å²) in [5.74, 6) is 0. The van der Waals surface area contributed by atoms with Crippen molar-refractivity contribution in [1.29, 1.82) is 0 Å². The van der Waals surface area contributed by atoms with Gasteiger partial charge < -0.3 is 0 Å². The van der Waals surface area contributed by atoms with Gasteiger partial charge in [0.15, 0.2) is 0 Å². The van der Waals surface area contributed by atoms with Crippen LogP contribution in [-0.4, -0.2) is 0 Å². The zero-order chi connectivity index (χ0) is 18.4. The summed E-state index contributed by atoms with van der Waals surface area (Å²) in [7, 11) is 0. The molecule has 0 saturated heterocycles. The Balaban J connectivity index is 2.00. The quantitative estimate of drug-likeness (QED) is 0.290. The molecule has 0 nitrogen and oxygen atoms in total. The Morgan fingerprint density at radius 2 is 1.11 bits per heavy atom. The summed E-state index contributed by atoms with van der Waals surface area (Å²) in [5, 5.41) is 0. The van der Waals surface area contributed by atoms with Crippen LogP contribution in [0.4, 0.5) is 0 Å². The van der Waals surface area contributed by atoms with E-state index in [9.17, 15) is 0 Å². The first-order chi connectivity index (χ1) is 13.2. The Morgan fingerprint density at radius 1 is 0.593 bits per heavy atom. The minimum absolute atomic E-state index is 0.303. The van der Waals surface area contributed by atoms with Crippen molar-refractivity contribution < 1.29 is 0 Å². The largest absolute Gasteiger partial charge is 0.0714 e. The highest BCUT2D eigenvalue weighted by Gasteiger charge is 2.46. The minimum Gasteiger partial charge on any atom is -0.0622 e. The first-order valence-electron chi connectivity index (χ1n) is 9.24. The molecule has 0 radical (unpaired) electrons. The maximum atomic E-state index is 3.72. The van der Waals surface area contributed by atoms with Gasteiger partial charge in [0, 0.05) is 4.47 Å². The average molecular weight is 411 g/mol. The maximum Gasteiger partial charge on any atom is 0.0714 e. The zero-order valence-corrected chi connectivity index (χ0v) is 16.7. The molecule has 0 spiro atoms. The van der Waals surface area contributed by atoms with Crippen LogP contribution in [-0.2, 0) is 5.41 Å². The molecule has 5 rings (SSSR count). The van der Waals surface area contributed by atoms with Gasteiger partial charge in [0.1, 0.15) is 0 Å². The highest BCUT2D eigenvalue weighted by atomic mass is 79.9. The topological polar surface area (TPSA) is 0 Å². The summed E-state index contributed by atoms with van der Waals surface area (Å²) in [5.41, 5.74) is 8.96. The SMILES string of the molecule is Cc1ccc2c(c1)C(c1ccccc1)(c1ccccc1)c1cc(Br)ccc1-2. The zero-order valence-electron chi connectivity index (χ0n) is 15.1. The third kappa shape index (κ3) is 2.35. The van der Waals surface area contributed by atoms with Crippen LogP contribution in [0.1, 0.15) is 27.8 Å². The van der Waals surface area contributed by atoms with E-state index in [0.29, 0.717) is 0 Å². The molecule has 0 fully saturated rings. The molecule has 0 aromatic heterocycles. The van der Waals surface area contributed by atoms with Gasteiger partial charge in [-0.3, -0.25) is 0 Å². The second-order valence-corrected chi connectivity index (χ2v) is 8.14. The van der Waals surface area contributed by atoms with E-state index in [2.05, 4.69) is 120 Å². The van der Waals surface area contributed by atoms with Crippen molar-refractivity contribution in [3.8, 4) is 11.1 Å². The smallest absolute Gasteiger partial charge is 0.0622 e. The van der Waals surface area contributed by atoms with E-state index in [4.69, 9.17) is 0 Å². The molecule has 0 unspecified atom stereocenters. The highest BCUT2D eigenvalue weighted by molar-refractivity contribution is 9.10. The molecule has 0 amide bonds. The fourth-order valence-electron chi connectivity index (χ4n) is 4.57. The molecule has 0 atom stereocenters. The van der Waals surface area contributed by atoms with Crippen LogP contribution in [0.3, 0.4) is 0 Å². The molecule has 27 heavy (non-hydrogen) atoms. The minimum atomic E-state index is -0.303. The molecule has 4 aromatic rings. The van der Waals surface area contributed by atoms with Crippen molar-refractivity contribution in [3.05, 3.63) is 129 Å². The molecule has 1 heteroatoms. The Kier molecular flexibility index (Phi) is 3.80. The number of fused-ring (bicyclic) bond motifs is 3. The highest BCUT2D eigenvalue weighted by Crippen LogP contribution is 2.56. The maximum absolute atomic E-state index is 3.72. The Labute approximate surface area is 168 Å². The molecule has 1 aliphatic carbocycles. The molecular weight excluding hydrogens is 392 g/mol. The van der Waals surface area contributed by atoms with Crippen molar-refractivity contribution in [2.24, 2.45) is 0 Å². The van der Waals surface area contributed by atoms with Crippen LogP contribution in [0.2, 0.25) is 0 Å². The molecule has 0 N–H and O–H groups in total. The van der Waals surface area contributed by atoms with Crippen LogP contribution < -0.4 is 0 Å². The lowest BCUT2D eigenvalue weighted by molar-refractivity contribution is 0.767. The van der Waals surface area contributed by atoms with Crippen molar-refractivity contribution in [2.45, 2.75) is 12.3 Å². The molecular formula is C26H19Br. The van der Waals surface area contributed by atoms with Gasteiger partial charge in [0.05, 0.1) is 5.41 Å². The Morgan fingerprint density at radius 3 is 1.70 bits per heavy atom. The lowest BCUT2D eigenvalue weighted by atomic mass is 9.67. The van der Waals surface area contributed by atoms with Gasteiger partial charge in [0.25, 0.3) is 0 Å². The average Bonchev–Trinajstić information content (AvgIpc) is 2.99. The van der Waals surface area contributed by atoms with E-state index in [1.54, 1.807) is 0 Å². The second kappa shape index (κ2) is 6.21. The molecule has 0 heterocycles. The van der Waals surface area contributed by atoms with Crippen LogP contribution in [0.5, 0.6) is 0 Å². The standard InChI is InChI=1S/C26H19Br/c1-18-12-14-22-23-15-13-21(27)17-25(23)26(24(22)16-18,19-8-4-2-5-9-19)20-10-6-3-7-11-20/h2-17H,1H3. The first-order valence-corrected chi connectivity index (χ1v) is 10.0. The molecule has 0 saturated carbocycles. The predicted molar refractivity (Wildman–Crippen MR) is 116 cm³/mol. The fraction of sp³-hybridized carbons (Fsp3) is 0.0769. The molecule has 130 valence electrons. The molecule has 1 aliphatic rings. The number of hydrogen-bond acceptors (Lipinski definition) is 0. The third-order valence-electron chi connectivity index (χ3n) is 5.67. The first kappa shape index (κ1) is 16.5. The molecule has 0 bridgehead atoms. The van der Waals surface area contributed by atoms with Gasteiger partial charge in [-0.2, -0.15) is 0 Å². The van der Waals surface area contributed by atoms with Crippen molar-refractivity contribution in [1.82, 2.24) is 0 Å². The summed E-state index contributed by atoms with van der Waals surface area (Å²) >= 11 is 3.72. The summed E-state index contributed by atoms with van der Waals surface area (Å²) in [6, 6.07) is 35.4. The van der Waals surface area contributed by atoms with E-state index >= 15 is 0 Å². The number of aryl methyl sites for hydroxylation is 1. The van der Waals surface area contributed by atoms with E-state index in [1.165, 1.54) is 38.9 Å². The lowest BCUT2D eigenvalue weighted by Crippen LogP contribution is -2.28. The van der Waals surface area contributed by atoms with E-state index in [0.717, 1.165) is 4.47 Å². The van der Waals surface area contributed by atoms with Crippen LogP contribution in [0, 0.1) is 6.92 Å². The number of rotatable bonds is 2. The van der Waals surface area contributed by atoms with Gasteiger partial charge in [0.2, 0.25) is 0 Å².